The molecule has 0 amide bonds. The number of halogens is 5. The third-order valence-corrected chi connectivity index (χ3v) is 4.68. The van der Waals surface area contributed by atoms with Crippen LogP contribution in [0.25, 0.3) is 0 Å². The van der Waals surface area contributed by atoms with Crippen LogP contribution in [0.1, 0.15) is 24.9 Å². The van der Waals surface area contributed by atoms with Gasteiger partial charge in [0, 0.05) is 10.0 Å². The van der Waals surface area contributed by atoms with Gasteiger partial charge in [-0.2, -0.15) is 0 Å². The molecule has 0 aliphatic heterocycles. The van der Waals surface area contributed by atoms with E-state index in [9.17, 15) is 0 Å². The van der Waals surface area contributed by atoms with Gasteiger partial charge in [-0.05, 0) is 36.2 Å². The Morgan fingerprint density at radius 1 is 0.857 bits per heavy atom. The maximum Gasteiger partial charge on any atom is 0.0653 e. The Morgan fingerprint density at radius 3 is 2.14 bits per heavy atom. The molecular weight excluding hydrogens is 371 g/mol. The zero-order chi connectivity index (χ0) is 15.6. The quantitative estimate of drug-likeness (QED) is 0.538. The molecule has 0 aromatic heterocycles. The normalized spacial score (nSPS) is 12.3. The summed E-state index contributed by atoms with van der Waals surface area (Å²) in [5.74, 6) is 0. The fourth-order valence-corrected chi connectivity index (χ4v) is 3.15. The van der Waals surface area contributed by atoms with Crippen molar-refractivity contribution >= 4 is 63.7 Å². The van der Waals surface area contributed by atoms with Crippen LogP contribution in [0, 0.1) is 0 Å². The van der Waals surface area contributed by atoms with Gasteiger partial charge >= 0.3 is 0 Å². The molecule has 0 fully saturated rings. The van der Waals surface area contributed by atoms with Crippen LogP contribution >= 0.6 is 58.0 Å². The van der Waals surface area contributed by atoms with E-state index in [-0.39, 0.29) is 6.04 Å². The molecule has 1 unspecified atom stereocenters. The second kappa shape index (κ2) is 7.30. The van der Waals surface area contributed by atoms with Crippen molar-refractivity contribution in [2.45, 2.75) is 19.4 Å². The van der Waals surface area contributed by atoms with Crippen molar-refractivity contribution in [3.8, 4) is 0 Å². The molecule has 1 nitrogen and oxygen atoms in total. The predicted octanol–water partition coefficient (Wildman–Crippen LogP) is 7.52. The minimum atomic E-state index is -0.00971. The molecule has 1 atom stereocenters. The summed E-state index contributed by atoms with van der Waals surface area (Å²) < 4.78 is 0. The second-order valence-corrected chi connectivity index (χ2v) is 6.58. The lowest BCUT2D eigenvalue weighted by Crippen LogP contribution is -2.10. The largest absolute Gasteiger partial charge is 0.377 e. The number of rotatable bonds is 4. The van der Waals surface area contributed by atoms with Crippen LogP contribution < -0.4 is 5.32 Å². The van der Waals surface area contributed by atoms with Crippen LogP contribution in [0.4, 0.5) is 5.69 Å². The van der Waals surface area contributed by atoms with Crippen LogP contribution in [0.3, 0.4) is 0 Å². The molecule has 0 heterocycles. The Morgan fingerprint density at radius 2 is 1.52 bits per heavy atom. The van der Waals surface area contributed by atoms with Crippen LogP contribution in [-0.4, -0.2) is 0 Å². The van der Waals surface area contributed by atoms with Gasteiger partial charge in [-0.25, -0.2) is 0 Å². The van der Waals surface area contributed by atoms with Crippen LogP contribution in [-0.2, 0) is 0 Å². The highest BCUT2D eigenvalue weighted by atomic mass is 35.5. The molecule has 2 rings (SSSR count). The molecule has 1 N–H and O–H groups in total. The molecule has 0 saturated carbocycles. The fraction of sp³-hybridized carbons (Fsp3) is 0.200. The molecule has 0 bridgehead atoms. The molecule has 0 aliphatic rings. The minimum absolute atomic E-state index is 0.00971. The number of hydrogen-bond donors (Lipinski definition) is 1. The molecule has 0 saturated heterocycles. The molecule has 2 aromatic carbocycles. The second-order valence-electron chi connectivity index (χ2n) is 4.52. The van der Waals surface area contributed by atoms with Crippen molar-refractivity contribution in [2.24, 2.45) is 0 Å². The van der Waals surface area contributed by atoms with E-state index < -0.39 is 0 Å². The molecule has 0 aliphatic carbocycles. The summed E-state index contributed by atoms with van der Waals surface area (Å²) in [6.45, 7) is 2.05. The zero-order valence-corrected chi connectivity index (χ0v) is 14.8. The standard InChI is InChI=1S/C15H12Cl5N/c1-2-14(9-4-3-8(16)5-10(9)17)21-15-7-12(19)11(18)6-13(15)20/h3-7,14,21H,2H2,1H3. The minimum Gasteiger partial charge on any atom is -0.377 e. The highest BCUT2D eigenvalue weighted by Crippen LogP contribution is 2.36. The summed E-state index contributed by atoms with van der Waals surface area (Å²) >= 11 is 30.4. The lowest BCUT2D eigenvalue weighted by Gasteiger charge is -2.21. The van der Waals surface area contributed by atoms with E-state index in [1.54, 1.807) is 18.2 Å². The van der Waals surface area contributed by atoms with Crippen molar-refractivity contribution < 1.29 is 0 Å². The van der Waals surface area contributed by atoms with Gasteiger partial charge in [0.05, 0.1) is 26.8 Å². The Balaban J connectivity index is 2.33. The number of anilines is 1. The predicted molar refractivity (Wildman–Crippen MR) is 94.6 cm³/mol. The SMILES string of the molecule is CCC(Nc1cc(Cl)c(Cl)cc1Cl)c1ccc(Cl)cc1Cl. The first-order chi connectivity index (χ1) is 9.92. The molecule has 0 spiro atoms. The highest BCUT2D eigenvalue weighted by molar-refractivity contribution is 6.44. The van der Waals surface area contributed by atoms with Crippen LogP contribution in [0.15, 0.2) is 30.3 Å². The van der Waals surface area contributed by atoms with Gasteiger partial charge in [0.2, 0.25) is 0 Å². The Labute approximate surface area is 149 Å². The smallest absolute Gasteiger partial charge is 0.0653 e. The molecular formula is C15H12Cl5N. The molecule has 6 heteroatoms. The third kappa shape index (κ3) is 4.12. The Kier molecular flexibility index (Phi) is 5.93. The van der Waals surface area contributed by atoms with Crippen molar-refractivity contribution in [3.63, 3.8) is 0 Å². The molecule has 21 heavy (non-hydrogen) atoms. The van der Waals surface area contributed by atoms with Crippen LogP contribution in [0.5, 0.6) is 0 Å². The lowest BCUT2D eigenvalue weighted by molar-refractivity contribution is 0.750. The maximum absolute atomic E-state index is 6.26. The van der Waals surface area contributed by atoms with Gasteiger partial charge in [0.1, 0.15) is 0 Å². The third-order valence-electron chi connectivity index (χ3n) is 3.09. The summed E-state index contributed by atoms with van der Waals surface area (Å²) in [7, 11) is 0. The monoisotopic (exact) mass is 381 g/mol. The average Bonchev–Trinajstić information content (AvgIpc) is 2.42. The van der Waals surface area contributed by atoms with Crippen molar-refractivity contribution in [2.75, 3.05) is 5.32 Å². The van der Waals surface area contributed by atoms with E-state index in [4.69, 9.17) is 58.0 Å². The average molecular weight is 384 g/mol. The Hall–Kier alpha value is -0.310. The molecule has 112 valence electrons. The Bertz CT molecular complexity index is 657. The van der Waals surface area contributed by atoms with Gasteiger partial charge < -0.3 is 5.32 Å². The summed E-state index contributed by atoms with van der Waals surface area (Å²) in [6.07, 6.45) is 0.817. The van der Waals surface area contributed by atoms with Crippen molar-refractivity contribution in [1.29, 1.82) is 0 Å². The van der Waals surface area contributed by atoms with Gasteiger partial charge in [-0.3, -0.25) is 0 Å². The zero-order valence-electron chi connectivity index (χ0n) is 11.1. The van der Waals surface area contributed by atoms with Gasteiger partial charge in [-0.15, -0.1) is 0 Å². The number of benzene rings is 2. The maximum atomic E-state index is 6.26. The fourth-order valence-electron chi connectivity index (χ4n) is 2.00. The van der Waals surface area contributed by atoms with E-state index in [0.29, 0.717) is 30.8 Å². The van der Waals surface area contributed by atoms with E-state index in [2.05, 4.69) is 5.32 Å². The number of hydrogen-bond acceptors (Lipinski definition) is 1. The summed E-state index contributed by atoms with van der Waals surface area (Å²) in [5, 5.41) is 5.92. The van der Waals surface area contributed by atoms with Crippen molar-refractivity contribution in [3.05, 3.63) is 61.0 Å². The lowest BCUT2D eigenvalue weighted by atomic mass is 10.0. The summed E-state index contributed by atoms with van der Waals surface area (Å²) in [5.41, 5.74) is 1.66. The van der Waals surface area contributed by atoms with Gasteiger partial charge in [0.15, 0.2) is 0 Å². The first-order valence-corrected chi connectivity index (χ1v) is 8.17. The van der Waals surface area contributed by atoms with E-state index in [1.807, 2.05) is 19.1 Å². The number of nitrogens with one attached hydrogen (secondary N) is 1. The first-order valence-electron chi connectivity index (χ1n) is 6.28. The van der Waals surface area contributed by atoms with Crippen LogP contribution in [0.2, 0.25) is 25.1 Å². The van der Waals surface area contributed by atoms with Gasteiger partial charge in [0.25, 0.3) is 0 Å². The summed E-state index contributed by atoms with van der Waals surface area (Å²) in [4.78, 5) is 0. The van der Waals surface area contributed by atoms with E-state index in [1.165, 1.54) is 0 Å². The van der Waals surface area contributed by atoms with Gasteiger partial charge in [-0.1, -0.05) is 71.0 Å². The van der Waals surface area contributed by atoms with Crippen molar-refractivity contribution in [1.82, 2.24) is 0 Å². The highest BCUT2D eigenvalue weighted by Gasteiger charge is 2.15. The first kappa shape index (κ1) is 17.1. The molecule has 0 radical (unpaired) electrons. The summed E-state index contributed by atoms with van der Waals surface area (Å²) in [6, 6.07) is 8.74. The topological polar surface area (TPSA) is 12.0 Å². The molecule has 2 aromatic rings. The van der Waals surface area contributed by atoms with E-state index >= 15 is 0 Å². The van der Waals surface area contributed by atoms with E-state index in [0.717, 1.165) is 12.0 Å².